The highest BCUT2D eigenvalue weighted by Gasteiger charge is 2.20. The maximum absolute atomic E-state index is 8.43. The van der Waals surface area contributed by atoms with Gasteiger partial charge in [0.05, 0.1) is 24.7 Å². The Morgan fingerprint density at radius 1 is 1.54 bits per heavy atom. The van der Waals surface area contributed by atoms with Crippen molar-refractivity contribution >= 4 is 11.6 Å². The summed E-state index contributed by atoms with van der Waals surface area (Å²) in [6.07, 6.45) is 3.71. The van der Waals surface area contributed by atoms with Crippen molar-refractivity contribution in [2.45, 2.75) is 32.2 Å². The summed E-state index contributed by atoms with van der Waals surface area (Å²) in [6, 6.07) is 2.09. The normalized spacial score (nSPS) is 14.2. The molecule has 3 nitrogen and oxygen atoms in total. The molecule has 1 aliphatic rings. The predicted molar refractivity (Wildman–Crippen MR) is 49.5 cm³/mol. The third-order valence-electron chi connectivity index (χ3n) is 2.34. The van der Waals surface area contributed by atoms with Gasteiger partial charge in [-0.1, -0.05) is 11.6 Å². The van der Waals surface area contributed by atoms with Crippen LogP contribution >= 0.6 is 11.6 Å². The van der Waals surface area contributed by atoms with Crippen LogP contribution in [0.2, 0.25) is 5.15 Å². The highest BCUT2D eigenvalue weighted by atomic mass is 35.5. The molecular formula is C9H10ClN3. The fraction of sp³-hybridized carbons (Fsp3) is 0.556. The van der Waals surface area contributed by atoms with E-state index >= 15 is 0 Å². The minimum atomic E-state index is 0.472. The molecule has 0 saturated heterocycles. The Hall–Kier alpha value is -1.01. The van der Waals surface area contributed by atoms with Gasteiger partial charge in [-0.25, -0.2) is 0 Å². The summed E-state index contributed by atoms with van der Waals surface area (Å²) in [5.41, 5.74) is 2.32. The van der Waals surface area contributed by atoms with Gasteiger partial charge in [0, 0.05) is 5.56 Å². The quantitative estimate of drug-likeness (QED) is 0.724. The van der Waals surface area contributed by atoms with Crippen molar-refractivity contribution in [3.63, 3.8) is 0 Å². The summed E-state index contributed by atoms with van der Waals surface area (Å²) in [7, 11) is 0. The molecule has 0 aliphatic heterocycles. The molecule has 1 aromatic rings. The van der Waals surface area contributed by atoms with Gasteiger partial charge in [0.15, 0.2) is 0 Å². The molecule has 13 heavy (non-hydrogen) atoms. The second-order valence-corrected chi connectivity index (χ2v) is 3.56. The maximum atomic E-state index is 8.43. The molecule has 0 atom stereocenters. The summed E-state index contributed by atoms with van der Waals surface area (Å²) < 4.78 is 1.74. The number of fused-ring (bicyclic) bond motifs is 1. The van der Waals surface area contributed by atoms with Crippen molar-refractivity contribution in [3.05, 3.63) is 16.4 Å². The van der Waals surface area contributed by atoms with Crippen LogP contribution in [0.1, 0.15) is 24.1 Å². The molecule has 0 saturated carbocycles. The number of nitrogens with zero attached hydrogens (tertiary/aromatic N) is 3. The van der Waals surface area contributed by atoms with Crippen LogP contribution in [0.3, 0.4) is 0 Å². The molecule has 0 amide bonds. The zero-order chi connectivity index (χ0) is 9.26. The van der Waals surface area contributed by atoms with E-state index in [0.29, 0.717) is 13.0 Å². The van der Waals surface area contributed by atoms with Gasteiger partial charge in [0.1, 0.15) is 5.15 Å². The number of nitriles is 1. The van der Waals surface area contributed by atoms with Gasteiger partial charge in [-0.2, -0.15) is 10.4 Å². The molecule has 0 aromatic carbocycles. The van der Waals surface area contributed by atoms with Crippen molar-refractivity contribution < 1.29 is 0 Å². The zero-order valence-electron chi connectivity index (χ0n) is 7.26. The lowest BCUT2D eigenvalue weighted by molar-refractivity contribution is 0.613. The Kier molecular flexibility index (Phi) is 2.24. The van der Waals surface area contributed by atoms with E-state index in [1.54, 1.807) is 4.68 Å². The van der Waals surface area contributed by atoms with Crippen LogP contribution in [0.5, 0.6) is 0 Å². The summed E-state index contributed by atoms with van der Waals surface area (Å²) in [6.45, 7) is 0.613. The molecule has 0 spiro atoms. The molecule has 1 heterocycles. The van der Waals surface area contributed by atoms with E-state index in [1.165, 1.54) is 5.56 Å². The Balaban J connectivity index is 2.24. The maximum Gasteiger partial charge on any atom is 0.130 e. The van der Waals surface area contributed by atoms with Gasteiger partial charge in [-0.05, 0) is 19.3 Å². The number of hydrogen-bond acceptors (Lipinski definition) is 2. The Morgan fingerprint density at radius 2 is 2.38 bits per heavy atom. The van der Waals surface area contributed by atoms with Gasteiger partial charge in [0.25, 0.3) is 0 Å². The topological polar surface area (TPSA) is 41.6 Å². The Bertz CT molecular complexity index is 362. The summed E-state index contributed by atoms with van der Waals surface area (Å²) >= 11 is 6.10. The molecule has 0 radical (unpaired) electrons. The highest BCUT2D eigenvalue weighted by molar-refractivity contribution is 6.30. The highest BCUT2D eigenvalue weighted by Crippen LogP contribution is 2.28. The van der Waals surface area contributed by atoms with E-state index in [2.05, 4.69) is 11.2 Å². The summed E-state index contributed by atoms with van der Waals surface area (Å²) in [5.74, 6) is 0. The van der Waals surface area contributed by atoms with Crippen molar-refractivity contribution in [1.82, 2.24) is 9.78 Å². The van der Waals surface area contributed by atoms with Crippen molar-refractivity contribution in [1.29, 1.82) is 5.26 Å². The zero-order valence-corrected chi connectivity index (χ0v) is 8.01. The van der Waals surface area contributed by atoms with Crippen molar-refractivity contribution in [2.75, 3.05) is 0 Å². The summed E-state index contributed by atoms with van der Waals surface area (Å²) in [4.78, 5) is 0. The van der Waals surface area contributed by atoms with Gasteiger partial charge >= 0.3 is 0 Å². The van der Waals surface area contributed by atoms with Crippen LogP contribution in [0.25, 0.3) is 0 Å². The largest absolute Gasteiger partial charge is 0.252 e. The van der Waals surface area contributed by atoms with Crippen LogP contribution in [0.4, 0.5) is 0 Å². The fourth-order valence-corrected chi connectivity index (χ4v) is 2.04. The SMILES string of the molecule is N#CCCn1nc2c(c1Cl)CCC2. The molecule has 1 aromatic heterocycles. The van der Waals surface area contributed by atoms with E-state index in [9.17, 15) is 0 Å². The van der Waals surface area contributed by atoms with Gasteiger partial charge in [-0.3, -0.25) is 4.68 Å². The van der Waals surface area contributed by atoms with E-state index in [0.717, 1.165) is 30.1 Å². The summed E-state index contributed by atoms with van der Waals surface area (Å²) in [5, 5.41) is 13.5. The van der Waals surface area contributed by atoms with Crippen molar-refractivity contribution in [2.24, 2.45) is 0 Å². The molecule has 1 aliphatic carbocycles. The molecule has 0 fully saturated rings. The number of rotatable bonds is 2. The smallest absolute Gasteiger partial charge is 0.130 e. The number of hydrogen-bond donors (Lipinski definition) is 0. The number of halogens is 1. The molecule has 68 valence electrons. The molecule has 2 rings (SSSR count). The molecular weight excluding hydrogens is 186 g/mol. The standard InChI is InChI=1S/C9H10ClN3/c10-9-7-3-1-4-8(7)12-13(9)6-2-5-11/h1-4,6H2. The average molecular weight is 196 g/mol. The first-order valence-electron chi connectivity index (χ1n) is 4.44. The lowest BCUT2D eigenvalue weighted by atomic mass is 10.3. The third-order valence-corrected chi connectivity index (χ3v) is 2.76. The van der Waals surface area contributed by atoms with E-state index in [1.807, 2.05) is 0 Å². The minimum Gasteiger partial charge on any atom is -0.252 e. The minimum absolute atomic E-state index is 0.472. The van der Waals surface area contributed by atoms with Crippen LogP contribution in [0, 0.1) is 11.3 Å². The van der Waals surface area contributed by atoms with Crippen LogP contribution in [-0.4, -0.2) is 9.78 Å². The first-order chi connectivity index (χ1) is 6.33. The predicted octanol–water partition coefficient (Wildman–Crippen LogP) is 1.94. The first kappa shape index (κ1) is 8.58. The van der Waals surface area contributed by atoms with E-state index in [-0.39, 0.29) is 0 Å². The number of aromatic nitrogens is 2. The molecule has 0 N–H and O–H groups in total. The lowest BCUT2D eigenvalue weighted by Gasteiger charge is -1.99. The molecule has 0 unspecified atom stereocenters. The second-order valence-electron chi connectivity index (χ2n) is 3.20. The van der Waals surface area contributed by atoms with Gasteiger partial charge in [0.2, 0.25) is 0 Å². The first-order valence-corrected chi connectivity index (χ1v) is 4.81. The third kappa shape index (κ3) is 1.42. The second kappa shape index (κ2) is 3.39. The fourth-order valence-electron chi connectivity index (χ4n) is 1.71. The van der Waals surface area contributed by atoms with Crippen LogP contribution < -0.4 is 0 Å². The van der Waals surface area contributed by atoms with Crippen LogP contribution in [0.15, 0.2) is 0 Å². The Morgan fingerprint density at radius 3 is 3.08 bits per heavy atom. The van der Waals surface area contributed by atoms with E-state index < -0.39 is 0 Å². The monoisotopic (exact) mass is 195 g/mol. The van der Waals surface area contributed by atoms with Crippen LogP contribution in [-0.2, 0) is 19.4 Å². The lowest BCUT2D eigenvalue weighted by Crippen LogP contribution is -2.00. The molecule has 4 heteroatoms. The average Bonchev–Trinajstić information content (AvgIpc) is 2.67. The van der Waals surface area contributed by atoms with Gasteiger partial charge in [-0.15, -0.1) is 0 Å². The number of aryl methyl sites for hydroxylation is 2. The van der Waals surface area contributed by atoms with Crippen molar-refractivity contribution in [3.8, 4) is 6.07 Å². The molecule has 0 bridgehead atoms. The van der Waals surface area contributed by atoms with Gasteiger partial charge < -0.3 is 0 Å². The van der Waals surface area contributed by atoms with E-state index in [4.69, 9.17) is 16.9 Å². The Labute approximate surface area is 81.9 Å².